The fourth-order valence-corrected chi connectivity index (χ4v) is 15.4. The van der Waals surface area contributed by atoms with Crippen molar-refractivity contribution in [2.24, 2.45) is 11.3 Å². The number of amides is 2. The second-order valence-corrected chi connectivity index (χ2v) is 26.8. The number of aromatic nitrogens is 6. The highest BCUT2D eigenvalue weighted by atomic mass is 35.5. The van der Waals surface area contributed by atoms with Crippen LogP contribution in [0.15, 0.2) is 77.2 Å². The van der Waals surface area contributed by atoms with Crippen molar-refractivity contribution in [1.29, 1.82) is 0 Å². The zero-order valence-electron chi connectivity index (χ0n) is 50.7. The maximum atomic E-state index is 15.0. The lowest BCUT2D eigenvalue weighted by atomic mass is 9.69. The third-order valence-corrected chi connectivity index (χ3v) is 20.1. The molecular weight excluding hydrogens is 1130 g/mol. The molecule has 1 spiro atoms. The number of aliphatic hydroxyl groups excluding tert-OH is 1. The summed E-state index contributed by atoms with van der Waals surface area (Å²) in [4.78, 5) is 57.6. The summed E-state index contributed by atoms with van der Waals surface area (Å²) in [5.74, 6) is 1.52. The molecule has 11 rings (SSSR count). The van der Waals surface area contributed by atoms with E-state index >= 15 is 0 Å². The van der Waals surface area contributed by atoms with E-state index in [4.69, 9.17) is 45.4 Å². The number of likely N-dealkylation sites (tertiary alicyclic amines) is 2. The van der Waals surface area contributed by atoms with Crippen molar-refractivity contribution >= 4 is 45.7 Å². The van der Waals surface area contributed by atoms with Crippen LogP contribution in [0.3, 0.4) is 0 Å². The molecule has 6 aromatic rings. The summed E-state index contributed by atoms with van der Waals surface area (Å²) in [6.45, 7) is 14.9. The molecule has 2 saturated heterocycles. The molecule has 4 fully saturated rings. The van der Waals surface area contributed by atoms with Gasteiger partial charge in [-0.15, -0.1) is 16.4 Å². The molecule has 6 heterocycles. The van der Waals surface area contributed by atoms with Gasteiger partial charge in [0, 0.05) is 38.7 Å². The van der Waals surface area contributed by atoms with Crippen LogP contribution in [0.25, 0.3) is 27.0 Å². The second kappa shape index (κ2) is 27.9. The number of nitrogens with one attached hydrogen (secondary N) is 1. The van der Waals surface area contributed by atoms with E-state index in [2.05, 4.69) is 43.2 Å². The number of aryl methyl sites for hydroxylation is 1. The van der Waals surface area contributed by atoms with E-state index in [1.54, 1.807) is 29.2 Å². The molecule has 0 bridgehead atoms. The summed E-state index contributed by atoms with van der Waals surface area (Å²) in [6.07, 6.45) is 13.0. The van der Waals surface area contributed by atoms with Crippen LogP contribution in [0.4, 0.5) is 0 Å². The third kappa shape index (κ3) is 13.7. The Balaban J connectivity index is 0.687. The molecule has 20 heteroatoms. The van der Waals surface area contributed by atoms with Gasteiger partial charge in [-0.1, -0.05) is 99.3 Å². The minimum absolute atomic E-state index is 0.0259. The number of rotatable bonds is 24. The Morgan fingerprint density at radius 3 is 2.23 bits per heavy atom. The Bertz CT molecular complexity index is 3320. The van der Waals surface area contributed by atoms with Gasteiger partial charge in [-0.3, -0.25) is 19.0 Å². The lowest BCUT2D eigenvalue weighted by Gasteiger charge is -2.37. The summed E-state index contributed by atoms with van der Waals surface area (Å²) >= 11 is 8.25. The van der Waals surface area contributed by atoms with E-state index in [0.29, 0.717) is 75.1 Å². The van der Waals surface area contributed by atoms with Gasteiger partial charge in [0.1, 0.15) is 17.9 Å². The summed E-state index contributed by atoms with van der Waals surface area (Å²) in [6, 6.07) is 18.7. The van der Waals surface area contributed by atoms with E-state index < -0.39 is 29.6 Å². The van der Waals surface area contributed by atoms with Gasteiger partial charge in [-0.05, 0) is 129 Å². The Hall–Kier alpha value is -5.48. The number of fused-ring (bicyclic) bond motifs is 7. The Morgan fingerprint density at radius 1 is 0.860 bits per heavy atom. The van der Waals surface area contributed by atoms with E-state index in [9.17, 15) is 19.5 Å². The number of hydrogen-bond acceptors (Lipinski definition) is 15. The number of benzene rings is 3. The highest BCUT2D eigenvalue weighted by Gasteiger charge is 2.48. The van der Waals surface area contributed by atoms with Gasteiger partial charge in [0.2, 0.25) is 11.8 Å². The summed E-state index contributed by atoms with van der Waals surface area (Å²) < 4.78 is 31.9. The molecule has 0 unspecified atom stereocenters. The molecule has 2 saturated carbocycles. The molecule has 3 aliphatic heterocycles. The number of thiazole rings is 1. The minimum Gasteiger partial charge on any atom is -0.391 e. The van der Waals surface area contributed by atoms with Gasteiger partial charge < -0.3 is 43.9 Å². The van der Waals surface area contributed by atoms with E-state index in [1.165, 1.54) is 28.1 Å². The van der Waals surface area contributed by atoms with Crippen LogP contribution in [-0.2, 0) is 38.7 Å². The Labute approximate surface area is 514 Å². The zero-order valence-corrected chi connectivity index (χ0v) is 52.3. The van der Waals surface area contributed by atoms with Crippen LogP contribution in [0.2, 0.25) is 5.02 Å². The minimum atomic E-state index is -0.916. The number of ether oxygens (including phenoxy) is 5. The van der Waals surface area contributed by atoms with Crippen molar-refractivity contribution in [3.63, 3.8) is 0 Å². The number of methoxy groups -OCH3 is 1. The highest BCUT2D eigenvalue weighted by Crippen LogP contribution is 2.52. The fourth-order valence-electron chi connectivity index (χ4n) is 14.3. The highest BCUT2D eigenvalue weighted by molar-refractivity contribution is 7.13. The maximum Gasteiger partial charge on any atom is 0.282 e. The third-order valence-electron chi connectivity index (χ3n) is 18.8. The quantitative estimate of drug-likeness (QED) is 0.0543. The molecule has 86 heavy (non-hydrogen) atoms. The molecule has 18 nitrogen and oxygen atoms in total. The topological polar surface area (TPSA) is 198 Å². The Kier molecular flexibility index (Phi) is 20.2. The first-order valence-corrected chi connectivity index (χ1v) is 32.6. The van der Waals surface area contributed by atoms with Gasteiger partial charge in [0.05, 0.1) is 120 Å². The zero-order chi connectivity index (χ0) is 60.0. The lowest BCUT2D eigenvalue weighted by molar-refractivity contribution is -0.144. The van der Waals surface area contributed by atoms with E-state index in [1.807, 2.05) is 75.8 Å². The second-order valence-electron chi connectivity index (χ2n) is 25.6. The van der Waals surface area contributed by atoms with Crippen LogP contribution in [0.1, 0.15) is 156 Å². The van der Waals surface area contributed by atoms with Gasteiger partial charge >= 0.3 is 0 Å². The monoisotopic (exact) mass is 1220 g/mol. The fraction of sp³-hybridized carbons (Fsp3) is 0.591. The largest absolute Gasteiger partial charge is 0.391 e. The van der Waals surface area contributed by atoms with Crippen molar-refractivity contribution in [3.05, 3.63) is 122 Å². The summed E-state index contributed by atoms with van der Waals surface area (Å²) in [5, 5.41) is 24.7. The average molecular weight is 1220 g/mol. The standard InChI is InChI=1S/C66H86ClN9O9S/c1-43-59(86-42-68-43)48-18-16-47(17-19-48)54(41-85-35-34-84-33-32-83-31-30-82-29-28-81-5)69-61(78)57-37-50(77)39-74(57)63(80)60(65(2,3)4)75-40-53(71-72-75)46-14-12-44(13-15-46)38-73-26-22-45(23-27-73)49-20-21-51-56(36-49)76-55-11-9-10-52(67)58(55)62(79)70-64(76)66(51)24-7-6-8-25-66/h9-11,16-21,36,40,42,44-46,50,54,57,60,77H,6-8,12-15,22-35,37-39,41H2,1-5H3,(H,69,78)/t44?,46?,50-,54+,57+,60-/m1/s1. The predicted molar refractivity (Wildman–Crippen MR) is 332 cm³/mol. The predicted octanol–water partition coefficient (Wildman–Crippen LogP) is 9.90. The molecule has 4 atom stereocenters. The normalized spacial score (nSPS) is 21.5. The molecule has 2 N–H and O–H groups in total. The number of carbonyl (C=O) groups excluding carboxylic acids is 2. The van der Waals surface area contributed by atoms with E-state index in [-0.39, 0.29) is 48.3 Å². The first-order valence-electron chi connectivity index (χ1n) is 31.3. The number of hydrogen-bond donors (Lipinski definition) is 2. The van der Waals surface area contributed by atoms with Crippen LogP contribution in [0, 0.1) is 18.3 Å². The molecule has 3 aromatic carbocycles. The lowest BCUT2D eigenvalue weighted by Crippen LogP contribution is -2.51. The molecule has 3 aromatic heterocycles. The first-order chi connectivity index (χ1) is 41.7. The van der Waals surface area contributed by atoms with E-state index in [0.717, 1.165) is 123 Å². The number of nitrogens with zero attached hydrogens (tertiary/aromatic N) is 8. The molecule has 0 radical (unpaired) electrons. The number of aliphatic hydroxyl groups is 1. The number of piperidine rings is 1. The van der Waals surface area contributed by atoms with Crippen LogP contribution >= 0.6 is 22.9 Å². The molecule has 5 aliphatic rings. The smallest absolute Gasteiger partial charge is 0.282 e. The van der Waals surface area contributed by atoms with Gasteiger partial charge in [0.25, 0.3) is 5.56 Å². The van der Waals surface area contributed by atoms with Gasteiger partial charge in [-0.25, -0.2) is 9.67 Å². The van der Waals surface area contributed by atoms with Crippen molar-refractivity contribution in [2.75, 3.05) is 92.8 Å². The summed E-state index contributed by atoms with van der Waals surface area (Å²) in [7, 11) is 1.64. The van der Waals surface area contributed by atoms with Gasteiger partial charge in [-0.2, -0.15) is 4.98 Å². The first kappa shape index (κ1) is 62.1. The van der Waals surface area contributed by atoms with Crippen LogP contribution < -0.4 is 10.9 Å². The van der Waals surface area contributed by atoms with Crippen molar-refractivity contribution in [2.45, 2.75) is 146 Å². The summed E-state index contributed by atoms with van der Waals surface area (Å²) in [5.41, 5.74) is 9.16. The molecule has 2 amide bonds. The van der Waals surface area contributed by atoms with Crippen molar-refractivity contribution < 1.29 is 38.4 Å². The molecule has 2 aliphatic carbocycles. The molecule has 462 valence electrons. The maximum absolute atomic E-state index is 15.0. The van der Waals surface area contributed by atoms with Crippen molar-refractivity contribution in [1.82, 2.24) is 44.6 Å². The number of β-amino-alcohol motifs (C(OH)–C–C–N with tert-alkyl or cyclic N) is 1. The van der Waals surface area contributed by atoms with Gasteiger partial charge in [0.15, 0.2) is 0 Å². The van der Waals surface area contributed by atoms with Crippen LogP contribution in [0.5, 0.6) is 0 Å². The van der Waals surface area contributed by atoms with Crippen molar-refractivity contribution in [3.8, 4) is 16.1 Å². The SMILES string of the molecule is COCCOCCOCCOCCOC[C@H](NC(=O)[C@@H]1C[C@@H](O)CN1C(=O)[C@@H](n1cc(C2CCC(CN3CCC(c4ccc5c(c4)-n4c(nc(=O)c6c(Cl)cccc64)C54CCCCC4)CC3)CC2)nn1)C(C)(C)C)c1ccc(-c2scnc2C)cc1. The number of carbonyl (C=O) groups is 2. The Morgan fingerprint density at radius 2 is 1.56 bits per heavy atom. The molecular formula is C66H86ClN9O9S. The average Bonchev–Trinajstić information content (AvgIpc) is 1.56. The van der Waals surface area contributed by atoms with Crippen LogP contribution in [-0.4, -0.2) is 161 Å². The number of halogens is 1.